The van der Waals surface area contributed by atoms with Crippen LogP contribution in [0.4, 0.5) is 0 Å². The molecule has 0 fully saturated rings. The second-order valence-electron chi connectivity index (χ2n) is 8.26. The molecular formula is C32H28N2O5. The maximum atomic E-state index is 12.2. The van der Waals surface area contributed by atoms with Gasteiger partial charge in [-0.2, -0.15) is 0 Å². The average molecular weight is 521 g/mol. The Morgan fingerprint density at radius 1 is 0.667 bits per heavy atom. The molecule has 5 aromatic rings. The lowest BCUT2D eigenvalue weighted by molar-refractivity contribution is 0.0830. The van der Waals surface area contributed by atoms with Crippen molar-refractivity contribution in [2.24, 2.45) is 0 Å². The molecular weight excluding hydrogens is 492 g/mol. The zero-order valence-corrected chi connectivity index (χ0v) is 21.4. The number of hydrogen-bond donors (Lipinski definition) is 2. The molecule has 2 N–H and O–H groups in total. The van der Waals surface area contributed by atoms with Gasteiger partial charge in [0.05, 0.1) is 13.4 Å². The van der Waals surface area contributed by atoms with E-state index in [9.17, 15) is 9.59 Å². The van der Waals surface area contributed by atoms with Gasteiger partial charge in [-0.1, -0.05) is 91.0 Å². The maximum Gasteiger partial charge on any atom is 0.305 e. The highest BCUT2D eigenvalue weighted by molar-refractivity contribution is 5.98. The van der Waals surface area contributed by atoms with Crippen LogP contribution >= 0.6 is 0 Å². The number of hydrogen-bond acceptors (Lipinski definition) is 5. The number of furan rings is 1. The third kappa shape index (κ3) is 7.84. The van der Waals surface area contributed by atoms with Crippen LogP contribution in [0.2, 0.25) is 0 Å². The van der Waals surface area contributed by atoms with Crippen molar-refractivity contribution in [3.63, 3.8) is 0 Å². The summed E-state index contributed by atoms with van der Waals surface area (Å²) < 4.78 is 16.0. The molecule has 0 spiro atoms. The number of carbonyl (C=O) groups excluding carboxylic acids is 2. The first-order valence-electron chi connectivity index (χ1n) is 12.2. The lowest BCUT2D eigenvalue weighted by atomic mass is 10.1. The fourth-order valence-corrected chi connectivity index (χ4v) is 3.58. The van der Waals surface area contributed by atoms with E-state index in [-0.39, 0.29) is 5.76 Å². The van der Waals surface area contributed by atoms with Crippen molar-refractivity contribution in [1.29, 1.82) is 0 Å². The topological polar surface area (TPSA) is 89.8 Å². The van der Waals surface area contributed by atoms with Crippen LogP contribution in [0.1, 0.15) is 26.5 Å². The van der Waals surface area contributed by atoms with Gasteiger partial charge in [0.1, 0.15) is 6.61 Å². The van der Waals surface area contributed by atoms with E-state index in [1.54, 1.807) is 18.2 Å². The summed E-state index contributed by atoms with van der Waals surface area (Å²) in [4.78, 5) is 24.0. The van der Waals surface area contributed by atoms with Crippen LogP contribution in [0.3, 0.4) is 0 Å². The Hall–Kier alpha value is -5.30. The van der Waals surface area contributed by atoms with E-state index in [1.807, 2.05) is 42.5 Å². The van der Waals surface area contributed by atoms with Gasteiger partial charge in [0.2, 0.25) is 0 Å². The fourth-order valence-electron chi connectivity index (χ4n) is 3.58. The summed E-state index contributed by atoms with van der Waals surface area (Å²) in [6.07, 6.45) is 1.37. The van der Waals surface area contributed by atoms with E-state index in [0.29, 0.717) is 23.7 Å². The van der Waals surface area contributed by atoms with Crippen LogP contribution < -0.4 is 20.3 Å². The molecule has 1 aromatic heterocycles. The molecule has 4 aromatic carbocycles. The number of amides is 2. The lowest BCUT2D eigenvalue weighted by Crippen LogP contribution is -2.41. The highest BCUT2D eigenvalue weighted by atomic mass is 16.5. The number of rotatable bonds is 7. The van der Waals surface area contributed by atoms with Crippen molar-refractivity contribution in [1.82, 2.24) is 10.9 Å². The normalized spacial score (nSPS) is 9.97. The second-order valence-corrected chi connectivity index (χ2v) is 8.26. The number of carbonyl (C=O) groups is 2. The summed E-state index contributed by atoms with van der Waals surface area (Å²) in [7, 11) is 1.49. The molecule has 7 heteroatoms. The average Bonchev–Trinajstić information content (AvgIpc) is 3.56. The zero-order valence-electron chi connectivity index (χ0n) is 21.4. The number of methoxy groups -OCH3 is 1. The Balaban J connectivity index is 0.000000243. The van der Waals surface area contributed by atoms with Crippen LogP contribution in [0.25, 0.3) is 11.1 Å². The smallest absolute Gasteiger partial charge is 0.305 e. The van der Waals surface area contributed by atoms with E-state index in [0.717, 1.165) is 5.56 Å². The quantitative estimate of drug-likeness (QED) is 0.246. The summed E-state index contributed by atoms with van der Waals surface area (Å²) in [5.74, 6) is -0.0306. The van der Waals surface area contributed by atoms with Gasteiger partial charge >= 0.3 is 5.91 Å². The molecule has 7 nitrogen and oxygen atoms in total. The van der Waals surface area contributed by atoms with Gasteiger partial charge in [0, 0.05) is 5.56 Å². The maximum absolute atomic E-state index is 12.2. The predicted octanol–water partition coefficient (Wildman–Crippen LogP) is 6.30. The highest BCUT2D eigenvalue weighted by Gasteiger charge is 2.14. The summed E-state index contributed by atoms with van der Waals surface area (Å²) in [5.41, 5.74) is 8.47. The Bertz CT molecular complexity index is 1420. The van der Waals surface area contributed by atoms with Gasteiger partial charge in [0.25, 0.3) is 5.91 Å². The standard InChI is InChI=1S/C20H18N2O5.C12H10/c1-25-18-12-15(19(23)21-22-20(24)17-8-5-11-26-17)9-10-16(18)27-13-14-6-3-2-4-7-14;1-3-7-11(8-4-1)12-9-5-2-6-10-12/h2-12H,13H2,1H3,(H,21,23)(H,22,24);1-10H. The minimum Gasteiger partial charge on any atom is -0.493 e. The molecule has 0 aliphatic carbocycles. The molecule has 0 aliphatic rings. The van der Waals surface area contributed by atoms with Gasteiger partial charge in [-0.05, 0) is 47.0 Å². The van der Waals surface area contributed by atoms with Crippen LogP contribution in [-0.4, -0.2) is 18.9 Å². The number of hydrazine groups is 1. The molecule has 0 bridgehead atoms. The van der Waals surface area contributed by atoms with Crippen LogP contribution in [0.5, 0.6) is 11.5 Å². The molecule has 196 valence electrons. The van der Waals surface area contributed by atoms with Crippen molar-refractivity contribution in [3.05, 3.63) is 144 Å². The molecule has 0 unspecified atom stereocenters. The third-order valence-corrected chi connectivity index (χ3v) is 5.58. The first kappa shape index (κ1) is 26.8. The third-order valence-electron chi connectivity index (χ3n) is 5.58. The number of benzene rings is 4. The number of ether oxygens (including phenoxy) is 2. The van der Waals surface area contributed by atoms with E-state index < -0.39 is 11.8 Å². The molecule has 0 atom stereocenters. The summed E-state index contributed by atoms with van der Waals surface area (Å²) in [6.45, 7) is 0.377. The molecule has 1 heterocycles. The Labute approximate surface area is 227 Å². The lowest BCUT2D eigenvalue weighted by Gasteiger charge is -2.12. The first-order valence-corrected chi connectivity index (χ1v) is 12.2. The second kappa shape index (κ2) is 13.9. The van der Waals surface area contributed by atoms with Crippen molar-refractivity contribution < 1.29 is 23.5 Å². The van der Waals surface area contributed by atoms with Crippen LogP contribution in [0, 0.1) is 0 Å². The van der Waals surface area contributed by atoms with Gasteiger partial charge in [-0.15, -0.1) is 0 Å². The van der Waals surface area contributed by atoms with Crippen molar-refractivity contribution in [3.8, 4) is 22.6 Å². The SMILES string of the molecule is COc1cc(C(=O)NNC(=O)c2ccco2)ccc1OCc1ccccc1.c1ccc(-c2ccccc2)cc1. The van der Waals surface area contributed by atoms with Gasteiger partial charge in [-0.3, -0.25) is 20.4 Å². The van der Waals surface area contributed by atoms with Gasteiger partial charge < -0.3 is 13.9 Å². The fraction of sp³-hybridized carbons (Fsp3) is 0.0625. The van der Waals surface area contributed by atoms with Crippen LogP contribution in [0.15, 0.2) is 132 Å². The van der Waals surface area contributed by atoms with Gasteiger partial charge in [0.15, 0.2) is 17.3 Å². The van der Waals surface area contributed by atoms with Crippen molar-refractivity contribution >= 4 is 11.8 Å². The molecule has 0 aliphatic heterocycles. The van der Waals surface area contributed by atoms with Crippen molar-refractivity contribution in [2.75, 3.05) is 7.11 Å². The van der Waals surface area contributed by atoms with E-state index in [4.69, 9.17) is 13.9 Å². The van der Waals surface area contributed by atoms with E-state index in [2.05, 4.69) is 59.4 Å². The Kier molecular flexibility index (Phi) is 9.50. The molecule has 2 amide bonds. The first-order chi connectivity index (χ1) is 19.1. The monoisotopic (exact) mass is 520 g/mol. The van der Waals surface area contributed by atoms with Crippen molar-refractivity contribution in [2.45, 2.75) is 6.61 Å². The molecule has 0 saturated heterocycles. The molecule has 0 saturated carbocycles. The summed E-state index contributed by atoms with van der Waals surface area (Å²) in [5, 5.41) is 0. The molecule has 39 heavy (non-hydrogen) atoms. The molecule has 0 radical (unpaired) electrons. The minimum atomic E-state index is -0.553. The number of nitrogens with one attached hydrogen (secondary N) is 2. The van der Waals surface area contributed by atoms with E-state index >= 15 is 0 Å². The zero-order chi connectivity index (χ0) is 27.3. The largest absolute Gasteiger partial charge is 0.493 e. The Morgan fingerprint density at radius 2 is 1.26 bits per heavy atom. The predicted molar refractivity (Wildman–Crippen MR) is 149 cm³/mol. The summed E-state index contributed by atoms with van der Waals surface area (Å²) in [6, 6.07) is 38.3. The van der Waals surface area contributed by atoms with Gasteiger partial charge in [-0.25, -0.2) is 0 Å². The Morgan fingerprint density at radius 3 is 1.82 bits per heavy atom. The minimum absolute atomic E-state index is 0.0949. The summed E-state index contributed by atoms with van der Waals surface area (Å²) >= 11 is 0. The van der Waals surface area contributed by atoms with E-state index in [1.165, 1.54) is 36.6 Å². The van der Waals surface area contributed by atoms with Crippen LogP contribution in [-0.2, 0) is 6.61 Å². The highest BCUT2D eigenvalue weighted by Crippen LogP contribution is 2.29. The molecule has 5 rings (SSSR count).